The fraction of sp³-hybridized carbons (Fsp3) is 0.312. The fourth-order valence-corrected chi connectivity index (χ4v) is 4.35. The van der Waals surface area contributed by atoms with Gasteiger partial charge in [-0.1, -0.05) is 18.2 Å². The summed E-state index contributed by atoms with van der Waals surface area (Å²) in [6.45, 7) is 1.26. The van der Waals surface area contributed by atoms with E-state index in [2.05, 4.69) is 4.99 Å². The van der Waals surface area contributed by atoms with Gasteiger partial charge in [-0.15, -0.1) is 11.3 Å². The van der Waals surface area contributed by atoms with Gasteiger partial charge in [0.15, 0.2) is 3.95 Å². The van der Waals surface area contributed by atoms with Crippen LogP contribution in [0.2, 0.25) is 0 Å². The van der Waals surface area contributed by atoms with Crippen LogP contribution in [-0.4, -0.2) is 28.3 Å². The number of ether oxygens (including phenoxy) is 1. The van der Waals surface area contributed by atoms with Gasteiger partial charge in [-0.25, -0.2) is 4.99 Å². The van der Waals surface area contributed by atoms with E-state index in [1.807, 2.05) is 18.2 Å². The van der Waals surface area contributed by atoms with Crippen LogP contribution in [0.3, 0.4) is 0 Å². The molecule has 1 saturated heterocycles. The van der Waals surface area contributed by atoms with E-state index in [0.29, 0.717) is 26.3 Å². The molecule has 0 spiro atoms. The number of nitrogens with zero attached hydrogens (tertiary/aromatic N) is 2. The van der Waals surface area contributed by atoms with Crippen molar-refractivity contribution in [3.63, 3.8) is 0 Å². The lowest BCUT2D eigenvalue weighted by atomic mass is 10.1. The minimum Gasteiger partial charge on any atom is -0.493 e. The van der Waals surface area contributed by atoms with Crippen LogP contribution in [0.15, 0.2) is 29.3 Å². The molecule has 1 fully saturated rings. The van der Waals surface area contributed by atoms with E-state index in [1.54, 1.807) is 10.6 Å². The monoisotopic (exact) mass is 346 g/mol. The number of hydrogen-bond donors (Lipinski definition) is 1. The SMILES string of the molecule is O=C1N=c2ccccc2=C1c1sc(=S)n(CC2CCCO2)c1O. The molecule has 4 rings (SSSR count). The molecule has 23 heavy (non-hydrogen) atoms. The van der Waals surface area contributed by atoms with E-state index in [1.165, 1.54) is 11.3 Å². The first-order valence-electron chi connectivity index (χ1n) is 7.42. The van der Waals surface area contributed by atoms with Gasteiger partial charge in [0.1, 0.15) is 4.88 Å². The number of thiazole rings is 1. The second-order valence-corrected chi connectivity index (χ2v) is 7.22. The Balaban J connectivity index is 1.84. The van der Waals surface area contributed by atoms with Crippen molar-refractivity contribution < 1.29 is 14.6 Å². The molecule has 2 aliphatic rings. The van der Waals surface area contributed by atoms with Gasteiger partial charge in [0.05, 0.1) is 23.6 Å². The number of hydrogen-bond acceptors (Lipinski definition) is 5. The minimum atomic E-state index is -0.331. The molecule has 3 heterocycles. The molecule has 0 radical (unpaired) electrons. The average Bonchev–Trinajstić information content (AvgIpc) is 3.21. The molecule has 7 heteroatoms. The molecule has 0 saturated carbocycles. The zero-order chi connectivity index (χ0) is 16.0. The van der Waals surface area contributed by atoms with Gasteiger partial charge in [-0.2, -0.15) is 0 Å². The van der Waals surface area contributed by atoms with Gasteiger partial charge in [0.25, 0.3) is 5.91 Å². The Morgan fingerprint density at radius 2 is 2.26 bits per heavy atom. The van der Waals surface area contributed by atoms with Crippen LogP contribution in [0.4, 0.5) is 0 Å². The topological polar surface area (TPSA) is 63.8 Å². The van der Waals surface area contributed by atoms with Crippen LogP contribution in [0.1, 0.15) is 17.7 Å². The summed E-state index contributed by atoms with van der Waals surface area (Å²) in [5.74, 6) is -0.298. The molecular formula is C16H14N2O3S2. The van der Waals surface area contributed by atoms with E-state index >= 15 is 0 Å². The third kappa shape index (κ3) is 2.45. The zero-order valence-electron chi connectivity index (χ0n) is 12.2. The van der Waals surface area contributed by atoms with Crippen molar-refractivity contribution in [1.29, 1.82) is 0 Å². The molecule has 1 atom stereocenters. The highest BCUT2D eigenvalue weighted by Gasteiger charge is 2.26. The number of aromatic nitrogens is 1. The van der Waals surface area contributed by atoms with Crippen molar-refractivity contribution in [2.75, 3.05) is 6.61 Å². The summed E-state index contributed by atoms with van der Waals surface area (Å²) >= 11 is 6.62. The third-order valence-corrected chi connectivity index (χ3v) is 5.57. The number of carbonyl (C=O) groups is 1. The van der Waals surface area contributed by atoms with Crippen LogP contribution in [0.5, 0.6) is 5.88 Å². The number of aromatic hydroxyl groups is 1. The molecule has 1 aromatic heterocycles. The summed E-state index contributed by atoms with van der Waals surface area (Å²) in [5.41, 5.74) is 0.431. The van der Waals surface area contributed by atoms with E-state index in [-0.39, 0.29) is 17.9 Å². The summed E-state index contributed by atoms with van der Waals surface area (Å²) in [4.78, 5) is 16.8. The second kappa shape index (κ2) is 5.67. The van der Waals surface area contributed by atoms with Gasteiger partial charge in [-0.05, 0) is 31.1 Å². The van der Waals surface area contributed by atoms with Crippen LogP contribution >= 0.6 is 23.6 Å². The largest absolute Gasteiger partial charge is 0.493 e. The van der Waals surface area contributed by atoms with Crippen molar-refractivity contribution in [1.82, 2.24) is 4.57 Å². The number of fused-ring (bicyclic) bond motifs is 1. The molecule has 5 nitrogen and oxygen atoms in total. The van der Waals surface area contributed by atoms with Crippen LogP contribution in [0.25, 0.3) is 5.57 Å². The predicted molar refractivity (Wildman–Crippen MR) is 88.5 cm³/mol. The highest BCUT2D eigenvalue weighted by atomic mass is 32.1. The summed E-state index contributed by atoms with van der Waals surface area (Å²) < 4.78 is 7.81. The molecule has 1 aromatic carbocycles. The molecule has 118 valence electrons. The maximum absolute atomic E-state index is 12.3. The average molecular weight is 346 g/mol. The minimum absolute atomic E-state index is 0.0331. The summed E-state index contributed by atoms with van der Waals surface area (Å²) in [5, 5.41) is 12.0. The Hall–Kier alpha value is -1.83. The molecule has 2 aromatic rings. The quantitative estimate of drug-likeness (QED) is 0.856. The van der Waals surface area contributed by atoms with Gasteiger partial charge in [-0.3, -0.25) is 9.36 Å². The number of carbonyl (C=O) groups excluding carboxylic acids is 1. The first-order valence-corrected chi connectivity index (χ1v) is 8.64. The number of para-hydroxylation sites is 1. The number of benzene rings is 1. The lowest BCUT2D eigenvalue weighted by Crippen LogP contribution is -2.22. The Kier molecular flexibility index (Phi) is 3.63. The van der Waals surface area contributed by atoms with Crippen molar-refractivity contribution in [2.24, 2.45) is 4.99 Å². The van der Waals surface area contributed by atoms with E-state index in [9.17, 15) is 9.90 Å². The van der Waals surface area contributed by atoms with Crippen LogP contribution in [0, 0.1) is 3.95 Å². The van der Waals surface area contributed by atoms with Gasteiger partial charge < -0.3 is 9.84 Å². The van der Waals surface area contributed by atoms with E-state index in [4.69, 9.17) is 17.0 Å². The Bertz CT molecular complexity index is 968. The standard InChI is InChI=1S/C16H14N2O3S2/c19-14-12(10-5-1-2-6-11(10)17-14)13-15(20)18(16(22)23-13)8-9-4-3-7-21-9/h1-2,5-6,9,20H,3-4,7-8H2. The summed E-state index contributed by atoms with van der Waals surface area (Å²) in [6.07, 6.45) is 2.05. The first kappa shape index (κ1) is 14.7. The van der Waals surface area contributed by atoms with Crippen LogP contribution < -0.4 is 10.6 Å². The van der Waals surface area contributed by atoms with Gasteiger partial charge >= 0.3 is 0 Å². The van der Waals surface area contributed by atoms with Crippen molar-refractivity contribution >= 4 is 35.0 Å². The van der Waals surface area contributed by atoms with Gasteiger partial charge in [0, 0.05) is 11.8 Å². The Labute approximate surface area is 141 Å². The number of rotatable bonds is 3. The maximum atomic E-state index is 12.3. The third-order valence-electron chi connectivity index (χ3n) is 4.12. The smallest absolute Gasteiger partial charge is 0.279 e. The molecule has 0 aliphatic carbocycles. The van der Waals surface area contributed by atoms with E-state index < -0.39 is 0 Å². The van der Waals surface area contributed by atoms with E-state index in [0.717, 1.165) is 24.7 Å². The summed E-state index contributed by atoms with van der Waals surface area (Å²) in [6, 6.07) is 7.32. The highest BCUT2D eigenvalue weighted by molar-refractivity contribution is 7.73. The van der Waals surface area contributed by atoms with Crippen LogP contribution in [-0.2, 0) is 16.1 Å². The maximum Gasteiger partial charge on any atom is 0.279 e. The predicted octanol–water partition coefficient (Wildman–Crippen LogP) is 1.52. The lowest BCUT2D eigenvalue weighted by molar-refractivity contribution is -0.112. The molecule has 1 unspecified atom stereocenters. The normalized spacial score (nSPS) is 19.9. The Morgan fingerprint density at radius 1 is 1.43 bits per heavy atom. The van der Waals surface area contributed by atoms with Crippen molar-refractivity contribution in [3.8, 4) is 5.88 Å². The molecule has 0 bridgehead atoms. The lowest BCUT2D eigenvalue weighted by Gasteiger charge is -2.11. The number of amides is 1. The molecule has 1 N–H and O–H groups in total. The highest BCUT2D eigenvalue weighted by Crippen LogP contribution is 2.33. The van der Waals surface area contributed by atoms with Crippen molar-refractivity contribution in [2.45, 2.75) is 25.5 Å². The fourth-order valence-electron chi connectivity index (χ4n) is 3.00. The Morgan fingerprint density at radius 3 is 3.04 bits per heavy atom. The molecular weight excluding hydrogens is 332 g/mol. The summed E-state index contributed by atoms with van der Waals surface area (Å²) in [7, 11) is 0. The first-order chi connectivity index (χ1) is 11.1. The molecule has 1 amide bonds. The second-order valence-electron chi connectivity index (χ2n) is 5.58. The zero-order valence-corrected chi connectivity index (χ0v) is 13.8. The molecule has 2 aliphatic heterocycles. The van der Waals surface area contributed by atoms with Gasteiger partial charge in [0.2, 0.25) is 5.88 Å². The van der Waals surface area contributed by atoms with Crippen molar-refractivity contribution in [3.05, 3.63) is 43.7 Å².